The Labute approximate surface area is 185 Å². The maximum Gasteiger partial charge on any atom is 0.247 e. The number of thiophene rings is 1. The van der Waals surface area contributed by atoms with Gasteiger partial charge < -0.3 is 9.88 Å². The summed E-state index contributed by atoms with van der Waals surface area (Å²) in [7, 11) is -3.34. The summed E-state index contributed by atoms with van der Waals surface area (Å²) in [5.41, 5.74) is 2.97. The molecule has 0 saturated heterocycles. The van der Waals surface area contributed by atoms with E-state index in [-0.39, 0.29) is 11.7 Å². The minimum Gasteiger partial charge on any atom is -0.315 e. The second kappa shape index (κ2) is 8.44. The zero-order valence-electron chi connectivity index (χ0n) is 17.5. The van der Waals surface area contributed by atoms with E-state index in [1.165, 1.54) is 16.2 Å². The van der Waals surface area contributed by atoms with Gasteiger partial charge in [-0.25, -0.2) is 13.4 Å². The Kier molecular flexibility index (Phi) is 5.86. The Hall–Kier alpha value is -2.70. The number of hydrogen-bond donors (Lipinski definition) is 1. The number of sulfone groups is 1. The highest BCUT2D eigenvalue weighted by atomic mass is 32.2. The molecule has 1 amide bonds. The topological polar surface area (TPSA) is 105 Å². The van der Waals surface area contributed by atoms with Crippen LogP contribution in [0.5, 0.6) is 0 Å². The Bertz CT molecular complexity index is 1300. The fourth-order valence-corrected chi connectivity index (χ4v) is 6.06. The predicted octanol–water partition coefficient (Wildman–Crippen LogP) is 3.98. The van der Waals surface area contributed by atoms with Crippen molar-refractivity contribution in [2.45, 2.75) is 50.8 Å². The lowest BCUT2D eigenvalue weighted by Crippen LogP contribution is -2.25. The van der Waals surface area contributed by atoms with Crippen molar-refractivity contribution in [1.29, 1.82) is 5.26 Å². The summed E-state index contributed by atoms with van der Waals surface area (Å²) < 4.78 is 25.6. The molecule has 1 aromatic carbocycles. The summed E-state index contributed by atoms with van der Waals surface area (Å²) in [4.78, 5) is 18.9. The van der Waals surface area contributed by atoms with Gasteiger partial charge >= 0.3 is 0 Å². The van der Waals surface area contributed by atoms with Gasteiger partial charge in [0.2, 0.25) is 5.91 Å². The highest BCUT2D eigenvalue weighted by Crippen LogP contribution is 2.37. The summed E-state index contributed by atoms with van der Waals surface area (Å²) in [5.74, 6) is -0.226. The van der Waals surface area contributed by atoms with Gasteiger partial charge in [-0.15, -0.1) is 11.3 Å². The average molecular weight is 457 g/mol. The number of carbonyl (C=O) groups is 1. The van der Waals surface area contributed by atoms with Crippen molar-refractivity contribution in [3.05, 3.63) is 46.1 Å². The number of fused-ring (bicyclic) bond motifs is 2. The lowest BCUT2D eigenvalue weighted by atomic mass is 10.1. The fourth-order valence-electron chi connectivity index (χ4n) is 4.15. The van der Waals surface area contributed by atoms with Crippen LogP contribution < -0.4 is 5.32 Å². The third-order valence-electron chi connectivity index (χ3n) is 5.60. The van der Waals surface area contributed by atoms with Crippen LogP contribution >= 0.6 is 11.3 Å². The number of anilines is 1. The van der Waals surface area contributed by atoms with Crippen LogP contribution in [-0.2, 0) is 33.2 Å². The molecule has 1 N–H and O–H groups in total. The Balaban J connectivity index is 1.69. The largest absolute Gasteiger partial charge is 0.315 e. The van der Waals surface area contributed by atoms with E-state index in [4.69, 9.17) is 0 Å². The van der Waals surface area contributed by atoms with E-state index in [2.05, 4.69) is 16.4 Å². The molecule has 1 aliphatic rings. The maximum absolute atomic E-state index is 13.2. The first-order chi connectivity index (χ1) is 14.8. The van der Waals surface area contributed by atoms with Gasteiger partial charge in [0.15, 0.2) is 9.84 Å². The number of imidazole rings is 1. The molecule has 2 heterocycles. The van der Waals surface area contributed by atoms with Crippen LogP contribution in [0.3, 0.4) is 0 Å². The van der Waals surface area contributed by atoms with E-state index >= 15 is 0 Å². The first-order valence-electron chi connectivity index (χ1n) is 10.3. The Morgan fingerprint density at radius 2 is 2.03 bits per heavy atom. The molecule has 0 aliphatic heterocycles. The molecular formula is C22H24N4O3S2. The summed E-state index contributed by atoms with van der Waals surface area (Å²) in [6.45, 7) is 1.72. The molecule has 1 aliphatic carbocycles. The van der Waals surface area contributed by atoms with Crippen LogP contribution in [0.2, 0.25) is 0 Å². The molecule has 0 unspecified atom stereocenters. The number of aromatic nitrogens is 2. The highest BCUT2D eigenvalue weighted by molar-refractivity contribution is 7.89. The van der Waals surface area contributed by atoms with E-state index in [0.29, 0.717) is 27.4 Å². The summed E-state index contributed by atoms with van der Waals surface area (Å²) in [6.07, 6.45) is 6.26. The standard InChI is InChI=1S/C22H24N4O3S2/c1-14(26-18-10-7-6-9-17(18)24-20(26)13-31(2,28)29)21(27)25-22-16(12-23)15-8-4-3-5-11-19(15)30-22/h6-7,9-10,14H,3-5,8,11,13H2,1-2H3,(H,25,27)/t14-/m1/s1. The van der Waals surface area contributed by atoms with Gasteiger partial charge in [0.05, 0.1) is 16.6 Å². The first-order valence-corrected chi connectivity index (χ1v) is 13.1. The minimum absolute atomic E-state index is 0.254. The molecular weight excluding hydrogens is 432 g/mol. The summed E-state index contributed by atoms with van der Waals surface area (Å²) in [6, 6.07) is 8.87. The van der Waals surface area contributed by atoms with Gasteiger partial charge in [0.1, 0.15) is 28.7 Å². The molecule has 2 aromatic heterocycles. The second-order valence-electron chi connectivity index (χ2n) is 8.00. The molecule has 0 radical (unpaired) electrons. The number of benzene rings is 1. The number of nitriles is 1. The molecule has 9 heteroatoms. The SMILES string of the molecule is C[C@H](C(=O)Nc1sc2c(c1C#N)CCCCC2)n1c(CS(C)(=O)=O)nc2ccccc21. The first kappa shape index (κ1) is 21.5. The van der Waals surface area contributed by atoms with Crippen LogP contribution in [0.4, 0.5) is 5.00 Å². The van der Waals surface area contributed by atoms with E-state index < -0.39 is 15.9 Å². The number of carbonyl (C=O) groups excluding carboxylic acids is 1. The van der Waals surface area contributed by atoms with Gasteiger partial charge in [-0.05, 0) is 50.3 Å². The molecule has 162 valence electrons. The Morgan fingerprint density at radius 1 is 1.29 bits per heavy atom. The third kappa shape index (κ3) is 4.36. The molecule has 0 saturated carbocycles. The van der Waals surface area contributed by atoms with Crippen molar-refractivity contribution in [1.82, 2.24) is 9.55 Å². The molecule has 3 aromatic rings. The highest BCUT2D eigenvalue weighted by Gasteiger charge is 2.26. The average Bonchev–Trinajstić information content (AvgIpc) is 3.13. The summed E-state index contributed by atoms with van der Waals surface area (Å²) in [5, 5.41) is 13.3. The number of nitrogens with zero attached hydrogens (tertiary/aromatic N) is 3. The van der Waals surface area contributed by atoms with E-state index in [1.807, 2.05) is 18.2 Å². The molecule has 0 spiro atoms. The van der Waals surface area contributed by atoms with E-state index in [0.717, 1.165) is 43.9 Å². The number of para-hydroxylation sites is 2. The van der Waals surface area contributed by atoms with Gasteiger partial charge in [-0.3, -0.25) is 4.79 Å². The third-order valence-corrected chi connectivity index (χ3v) is 7.59. The van der Waals surface area contributed by atoms with E-state index in [9.17, 15) is 18.5 Å². The van der Waals surface area contributed by atoms with Gasteiger partial charge in [-0.1, -0.05) is 18.6 Å². The van der Waals surface area contributed by atoms with Crippen molar-refractivity contribution in [2.24, 2.45) is 0 Å². The minimum atomic E-state index is -3.34. The molecule has 0 fully saturated rings. The number of aryl methyl sites for hydroxylation is 1. The summed E-state index contributed by atoms with van der Waals surface area (Å²) >= 11 is 1.49. The van der Waals surface area contributed by atoms with E-state index in [1.54, 1.807) is 17.6 Å². The normalized spacial score (nSPS) is 15.1. The predicted molar refractivity (Wildman–Crippen MR) is 122 cm³/mol. The maximum atomic E-state index is 13.2. The Morgan fingerprint density at radius 3 is 2.77 bits per heavy atom. The number of rotatable bonds is 5. The fraction of sp³-hybridized carbons (Fsp3) is 0.409. The number of nitrogens with one attached hydrogen (secondary N) is 1. The molecule has 1 atom stereocenters. The van der Waals surface area contributed by atoms with Gasteiger partial charge in [0.25, 0.3) is 0 Å². The second-order valence-corrected chi connectivity index (χ2v) is 11.2. The van der Waals surface area contributed by atoms with Gasteiger partial charge in [-0.2, -0.15) is 5.26 Å². The van der Waals surface area contributed by atoms with Crippen LogP contribution in [0.1, 0.15) is 54.1 Å². The van der Waals surface area contributed by atoms with Crippen LogP contribution in [0.15, 0.2) is 24.3 Å². The lowest BCUT2D eigenvalue weighted by Gasteiger charge is -2.17. The van der Waals surface area contributed by atoms with Gasteiger partial charge in [0, 0.05) is 11.1 Å². The lowest BCUT2D eigenvalue weighted by molar-refractivity contribution is -0.118. The van der Waals surface area contributed by atoms with Crippen molar-refractivity contribution in [3.63, 3.8) is 0 Å². The van der Waals surface area contributed by atoms with Crippen LogP contribution in [0.25, 0.3) is 11.0 Å². The quantitative estimate of drug-likeness (QED) is 0.585. The van der Waals surface area contributed by atoms with Crippen molar-refractivity contribution in [3.8, 4) is 6.07 Å². The molecule has 7 nitrogen and oxygen atoms in total. The van der Waals surface area contributed by atoms with Crippen molar-refractivity contribution < 1.29 is 13.2 Å². The monoisotopic (exact) mass is 456 g/mol. The molecule has 31 heavy (non-hydrogen) atoms. The van der Waals surface area contributed by atoms with Crippen molar-refractivity contribution in [2.75, 3.05) is 11.6 Å². The smallest absolute Gasteiger partial charge is 0.247 e. The number of hydrogen-bond acceptors (Lipinski definition) is 6. The molecule has 0 bridgehead atoms. The van der Waals surface area contributed by atoms with Crippen LogP contribution in [0, 0.1) is 11.3 Å². The number of amides is 1. The van der Waals surface area contributed by atoms with Crippen molar-refractivity contribution >= 4 is 43.1 Å². The molecule has 4 rings (SSSR count). The zero-order valence-corrected chi connectivity index (χ0v) is 19.1. The van der Waals surface area contributed by atoms with Crippen LogP contribution in [-0.4, -0.2) is 30.1 Å². The zero-order chi connectivity index (χ0) is 22.2.